The highest BCUT2D eigenvalue weighted by atomic mass is 35.5. The molecule has 9 heteroatoms. The summed E-state index contributed by atoms with van der Waals surface area (Å²) < 4.78 is 29.7. The molecule has 0 atom stereocenters. The van der Waals surface area contributed by atoms with Gasteiger partial charge in [0, 0.05) is 17.3 Å². The summed E-state index contributed by atoms with van der Waals surface area (Å²) in [5.74, 6) is -2.35. The molecule has 2 aromatic carbocycles. The van der Waals surface area contributed by atoms with E-state index < -0.39 is 28.8 Å². The number of amides is 1. The first-order valence-corrected chi connectivity index (χ1v) is 8.41. The van der Waals surface area contributed by atoms with Crippen LogP contribution >= 0.6 is 11.6 Å². The number of aromatic nitrogens is 3. The minimum atomic E-state index is -0.841. The topological polar surface area (TPSA) is 93.8 Å². The molecule has 29 heavy (non-hydrogen) atoms. The summed E-state index contributed by atoms with van der Waals surface area (Å²) in [4.78, 5) is 26.3. The Morgan fingerprint density at radius 2 is 1.83 bits per heavy atom. The molecule has 0 aliphatic rings. The summed E-state index contributed by atoms with van der Waals surface area (Å²) in [6.07, 6.45) is 1.35. The number of nitrogens with two attached hydrogens (primary N) is 1. The Labute approximate surface area is 168 Å². The Hall–Kier alpha value is -3.52. The molecule has 0 aliphatic carbocycles. The third-order valence-electron chi connectivity index (χ3n) is 4.26. The van der Waals surface area contributed by atoms with Crippen molar-refractivity contribution in [3.8, 4) is 16.9 Å². The van der Waals surface area contributed by atoms with Gasteiger partial charge < -0.3 is 10.7 Å². The van der Waals surface area contributed by atoms with Gasteiger partial charge in [-0.25, -0.2) is 13.5 Å². The second-order valence-corrected chi connectivity index (χ2v) is 6.36. The zero-order chi connectivity index (χ0) is 20.0. The molecule has 4 rings (SSSR count). The standard InChI is InChI=1S/C19H11ClF2N4O2.CH4/c20-11-8-9(18(23)27)4-5-10(11)16-15-14(6-7-24-19(15)28)26(25-16)17-12(21)2-1-3-13(17)22;/h1-8H,(H2,23,27)(H,24,28);1H4. The third kappa shape index (κ3) is 3.27. The van der Waals surface area contributed by atoms with Gasteiger partial charge in [0.05, 0.1) is 15.9 Å². The second kappa shape index (κ2) is 7.48. The minimum absolute atomic E-state index is 0. The van der Waals surface area contributed by atoms with Crippen molar-refractivity contribution in [2.75, 3.05) is 0 Å². The van der Waals surface area contributed by atoms with E-state index in [-0.39, 0.29) is 34.6 Å². The predicted octanol–water partition coefficient (Wildman–Crippen LogP) is 4.05. The number of H-pyrrole nitrogens is 1. The fraction of sp³-hybridized carbons (Fsp3) is 0.0500. The van der Waals surface area contributed by atoms with E-state index in [0.717, 1.165) is 16.8 Å². The predicted molar refractivity (Wildman–Crippen MR) is 107 cm³/mol. The number of benzene rings is 2. The number of fused-ring (bicyclic) bond motifs is 1. The van der Waals surface area contributed by atoms with Crippen LogP contribution in [-0.4, -0.2) is 20.7 Å². The number of aromatic amines is 1. The Morgan fingerprint density at radius 1 is 1.14 bits per heavy atom. The van der Waals surface area contributed by atoms with E-state index in [4.69, 9.17) is 17.3 Å². The van der Waals surface area contributed by atoms with Crippen molar-refractivity contribution >= 4 is 28.4 Å². The van der Waals surface area contributed by atoms with Gasteiger partial charge in [-0.2, -0.15) is 5.10 Å². The number of hydrogen-bond donors (Lipinski definition) is 2. The number of hydrogen-bond acceptors (Lipinski definition) is 3. The Bertz CT molecular complexity index is 1290. The van der Waals surface area contributed by atoms with Crippen molar-refractivity contribution in [2.45, 2.75) is 7.43 Å². The van der Waals surface area contributed by atoms with E-state index in [1.165, 1.54) is 36.5 Å². The first-order chi connectivity index (χ1) is 13.4. The molecule has 148 valence electrons. The van der Waals surface area contributed by atoms with Crippen LogP contribution in [0.2, 0.25) is 5.02 Å². The maximum Gasteiger partial charge on any atom is 0.259 e. The molecule has 6 nitrogen and oxygen atoms in total. The summed E-state index contributed by atoms with van der Waals surface area (Å²) in [5.41, 5.74) is 5.10. The second-order valence-electron chi connectivity index (χ2n) is 5.96. The maximum absolute atomic E-state index is 14.3. The van der Waals surface area contributed by atoms with Gasteiger partial charge in [0.25, 0.3) is 5.56 Å². The highest BCUT2D eigenvalue weighted by molar-refractivity contribution is 6.34. The van der Waals surface area contributed by atoms with Crippen molar-refractivity contribution in [3.05, 3.63) is 81.2 Å². The summed E-state index contributed by atoms with van der Waals surface area (Å²) >= 11 is 6.26. The number of pyridine rings is 1. The van der Waals surface area contributed by atoms with Gasteiger partial charge in [-0.3, -0.25) is 9.59 Å². The van der Waals surface area contributed by atoms with Crippen molar-refractivity contribution in [2.24, 2.45) is 5.73 Å². The van der Waals surface area contributed by atoms with E-state index in [2.05, 4.69) is 10.1 Å². The van der Waals surface area contributed by atoms with Gasteiger partial charge in [0.1, 0.15) is 11.4 Å². The molecule has 3 N–H and O–H groups in total. The van der Waals surface area contributed by atoms with Crippen molar-refractivity contribution < 1.29 is 13.6 Å². The molecule has 0 saturated carbocycles. The van der Waals surface area contributed by atoms with Crippen LogP contribution < -0.4 is 11.3 Å². The molecule has 0 saturated heterocycles. The molecule has 4 aromatic rings. The summed E-state index contributed by atoms with van der Waals surface area (Å²) in [6.45, 7) is 0. The van der Waals surface area contributed by atoms with Gasteiger partial charge >= 0.3 is 0 Å². The highest BCUT2D eigenvalue weighted by Gasteiger charge is 2.22. The van der Waals surface area contributed by atoms with Crippen LogP contribution in [0.3, 0.4) is 0 Å². The molecular formula is C20H15ClF2N4O2. The Kier molecular flexibility index (Phi) is 5.21. The SMILES string of the molecule is C.NC(=O)c1ccc(-c2nn(-c3c(F)cccc3F)c3cc[nH]c(=O)c23)c(Cl)c1. The van der Waals surface area contributed by atoms with Gasteiger partial charge in [-0.15, -0.1) is 0 Å². The van der Waals surface area contributed by atoms with Crippen molar-refractivity contribution in [3.63, 3.8) is 0 Å². The highest BCUT2D eigenvalue weighted by Crippen LogP contribution is 2.33. The molecule has 0 unspecified atom stereocenters. The largest absolute Gasteiger partial charge is 0.366 e. The smallest absolute Gasteiger partial charge is 0.259 e. The molecule has 0 radical (unpaired) electrons. The van der Waals surface area contributed by atoms with Crippen LogP contribution in [0.1, 0.15) is 17.8 Å². The monoisotopic (exact) mass is 416 g/mol. The van der Waals surface area contributed by atoms with E-state index in [1.54, 1.807) is 0 Å². The lowest BCUT2D eigenvalue weighted by molar-refractivity contribution is 0.100. The first kappa shape index (κ1) is 20.2. The Morgan fingerprint density at radius 3 is 2.45 bits per heavy atom. The number of nitrogens with one attached hydrogen (secondary N) is 1. The quantitative estimate of drug-likeness (QED) is 0.527. The van der Waals surface area contributed by atoms with Crippen molar-refractivity contribution in [1.82, 2.24) is 14.8 Å². The van der Waals surface area contributed by atoms with E-state index >= 15 is 0 Å². The van der Waals surface area contributed by atoms with E-state index in [0.29, 0.717) is 5.56 Å². The van der Waals surface area contributed by atoms with E-state index in [1.807, 2.05) is 0 Å². The summed E-state index contributed by atoms with van der Waals surface area (Å²) in [5, 5.41) is 4.47. The normalized spacial score (nSPS) is 10.7. The lowest BCUT2D eigenvalue weighted by Gasteiger charge is -2.06. The maximum atomic E-state index is 14.3. The van der Waals surface area contributed by atoms with Crippen LogP contribution in [0.15, 0.2) is 53.5 Å². The number of rotatable bonds is 3. The lowest BCUT2D eigenvalue weighted by atomic mass is 10.1. The molecule has 0 spiro atoms. The summed E-state index contributed by atoms with van der Waals surface area (Å²) in [6, 6.07) is 9.12. The van der Waals surface area contributed by atoms with Crippen LogP contribution in [0.25, 0.3) is 27.8 Å². The van der Waals surface area contributed by atoms with Gasteiger partial charge in [-0.05, 0) is 30.3 Å². The number of primary amides is 1. The average molecular weight is 417 g/mol. The van der Waals surface area contributed by atoms with Gasteiger partial charge in [-0.1, -0.05) is 31.2 Å². The number of nitrogens with zero attached hydrogens (tertiary/aromatic N) is 2. The molecule has 0 bridgehead atoms. The van der Waals surface area contributed by atoms with Crippen LogP contribution in [-0.2, 0) is 0 Å². The number of halogens is 3. The zero-order valence-electron chi connectivity index (χ0n) is 14.0. The minimum Gasteiger partial charge on any atom is -0.366 e. The van der Waals surface area contributed by atoms with E-state index in [9.17, 15) is 18.4 Å². The fourth-order valence-corrected chi connectivity index (χ4v) is 3.26. The average Bonchev–Trinajstić information content (AvgIpc) is 3.02. The number of para-hydroxylation sites is 1. The Balaban J connectivity index is 0.00000240. The number of carbonyl (C=O) groups excluding carboxylic acids is 1. The van der Waals surface area contributed by atoms with Crippen LogP contribution in [0.4, 0.5) is 8.78 Å². The zero-order valence-corrected chi connectivity index (χ0v) is 14.8. The van der Waals surface area contributed by atoms with Gasteiger partial charge in [0.15, 0.2) is 11.6 Å². The molecule has 1 amide bonds. The lowest BCUT2D eigenvalue weighted by Crippen LogP contribution is -2.10. The van der Waals surface area contributed by atoms with Crippen LogP contribution in [0, 0.1) is 11.6 Å². The van der Waals surface area contributed by atoms with Gasteiger partial charge in [0.2, 0.25) is 5.91 Å². The third-order valence-corrected chi connectivity index (χ3v) is 4.57. The fourth-order valence-electron chi connectivity index (χ4n) is 2.99. The molecular weight excluding hydrogens is 402 g/mol. The number of carbonyl (C=O) groups is 1. The van der Waals surface area contributed by atoms with Crippen LogP contribution in [0.5, 0.6) is 0 Å². The molecule has 0 aliphatic heterocycles. The van der Waals surface area contributed by atoms with Crippen molar-refractivity contribution in [1.29, 1.82) is 0 Å². The summed E-state index contributed by atoms with van der Waals surface area (Å²) in [7, 11) is 0. The molecule has 2 heterocycles. The molecule has 2 aromatic heterocycles. The first-order valence-electron chi connectivity index (χ1n) is 8.03. The molecule has 0 fully saturated rings.